The number of nitrogens with one attached hydrogen (secondary N) is 3. The van der Waals surface area contributed by atoms with Gasteiger partial charge in [-0.3, -0.25) is 14.8 Å². The van der Waals surface area contributed by atoms with Crippen LogP contribution >= 0.6 is 22.9 Å². The molecular formula is C22H16ClFN8O3S. The maximum atomic E-state index is 14.5. The first-order chi connectivity index (χ1) is 17.3. The molecule has 1 atom stereocenters. The van der Waals surface area contributed by atoms with Crippen LogP contribution in [0.3, 0.4) is 0 Å². The fraction of sp³-hybridized carbons (Fsp3) is 0.136. The number of hydrogen-bond donors (Lipinski definition) is 4. The van der Waals surface area contributed by atoms with Gasteiger partial charge in [-0.25, -0.2) is 24.2 Å². The standard InChI is InChI=1S/C22H16ClFN8O3S/c23-10-1-2-15(31(9-25)30-26)11(5-10)13-6-18(33)32-16(3-4-17(32)28-13)21-27-7-14(29-21)12-8-36-20(19(12)24)22(34)35/h1-2,5-9,16,25-26H,3-4H2,(H,27,29)(H,34,35). The lowest BCUT2D eigenvalue weighted by molar-refractivity contribution is 0.0698. The fourth-order valence-corrected chi connectivity index (χ4v) is 5.17. The molecule has 1 unspecified atom stereocenters. The van der Waals surface area contributed by atoms with Crippen LogP contribution in [0.25, 0.3) is 22.5 Å². The molecule has 36 heavy (non-hydrogen) atoms. The van der Waals surface area contributed by atoms with Crippen LogP contribution in [0.2, 0.25) is 5.02 Å². The normalized spacial score (nSPS) is 14.4. The van der Waals surface area contributed by atoms with E-state index in [0.29, 0.717) is 52.2 Å². The minimum atomic E-state index is -1.34. The molecule has 1 aromatic carbocycles. The van der Waals surface area contributed by atoms with E-state index in [-0.39, 0.29) is 16.0 Å². The van der Waals surface area contributed by atoms with Gasteiger partial charge in [0.1, 0.15) is 22.9 Å². The Bertz CT molecular complexity index is 1590. The Balaban J connectivity index is 1.53. The van der Waals surface area contributed by atoms with Crippen molar-refractivity contribution in [2.45, 2.75) is 18.9 Å². The molecule has 0 amide bonds. The minimum Gasteiger partial charge on any atom is -0.477 e. The summed E-state index contributed by atoms with van der Waals surface area (Å²) in [5.74, 6) is -1.25. The van der Waals surface area contributed by atoms with Crippen LogP contribution in [-0.2, 0) is 6.42 Å². The molecule has 4 N–H and O–H groups in total. The molecule has 0 fully saturated rings. The van der Waals surface area contributed by atoms with Crippen molar-refractivity contribution in [3.63, 3.8) is 0 Å². The highest BCUT2D eigenvalue weighted by Gasteiger charge is 2.30. The van der Waals surface area contributed by atoms with Crippen molar-refractivity contribution in [1.29, 1.82) is 10.9 Å². The second-order valence-corrected chi connectivity index (χ2v) is 9.15. The van der Waals surface area contributed by atoms with E-state index in [1.165, 1.54) is 22.2 Å². The van der Waals surface area contributed by atoms with Crippen molar-refractivity contribution in [2.75, 3.05) is 5.01 Å². The number of nitrogens with zero attached hydrogens (tertiary/aromatic N) is 5. The molecule has 1 aliphatic heterocycles. The zero-order chi connectivity index (χ0) is 25.6. The lowest BCUT2D eigenvalue weighted by Crippen LogP contribution is -2.25. The molecule has 0 spiro atoms. The lowest BCUT2D eigenvalue weighted by atomic mass is 10.1. The molecule has 11 nitrogen and oxygen atoms in total. The van der Waals surface area contributed by atoms with Crippen molar-refractivity contribution in [3.05, 3.63) is 73.6 Å². The number of aryl methyl sites for hydroxylation is 1. The number of H-pyrrole nitrogens is 1. The first-order valence-electron chi connectivity index (χ1n) is 10.5. The smallest absolute Gasteiger partial charge is 0.348 e. The zero-order valence-corrected chi connectivity index (χ0v) is 19.8. The molecular weight excluding hydrogens is 511 g/mol. The first-order valence-corrected chi connectivity index (χ1v) is 11.7. The number of fused-ring (bicyclic) bond motifs is 1. The largest absolute Gasteiger partial charge is 0.477 e. The molecule has 4 aromatic rings. The van der Waals surface area contributed by atoms with E-state index >= 15 is 0 Å². The number of halogens is 2. The summed E-state index contributed by atoms with van der Waals surface area (Å²) in [6, 6.07) is 5.62. The summed E-state index contributed by atoms with van der Waals surface area (Å²) < 4.78 is 16.0. The van der Waals surface area contributed by atoms with Crippen LogP contribution in [0.4, 0.5) is 10.1 Å². The monoisotopic (exact) mass is 526 g/mol. The highest BCUT2D eigenvalue weighted by atomic mass is 35.5. The molecule has 0 saturated heterocycles. The number of carboxylic acid groups (broad SMARTS) is 1. The van der Waals surface area contributed by atoms with Gasteiger partial charge in [0.05, 0.1) is 29.3 Å². The van der Waals surface area contributed by atoms with Crippen LogP contribution in [0, 0.1) is 16.8 Å². The average molecular weight is 527 g/mol. The van der Waals surface area contributed by atoms with Crippen LogP contribution in [-0.4, -0.2) is 36.9 Å². The number of aromatic nitrogens is 4. The third-order valence-corrected chi connectivity index (χ3v) is 6.99. The summed E-state index contributed by atoms with van der Waals surface area (Å²) in [7, 11) is 0. The number of imidazole rings is 1. The molecule has 0 saturated carbocycles. The molecule has 14 heteroatoms. The van der Waals surface area contributed by atoms with Gasteiger partial charge in [0.2, 0.25) is 0 Å². The Labute approximate surface area is 210 Å². The molecule has 5 rings (SSSR count). The van der Waals surface area contributed by atoms with E-state index in [1.807, 2.05) is 0 Å². The van der Waals surface area contributed by atoms with Gasteiger partial charge >= 0.3 is 5.97 Å². The topological polar surface area (TPSA) is 164 Å². The maximum absolute atomic E-state index is 14.5. The fourth-order valence-electron chi connectivity index (χ4n) is 4.22. The predicted molar refractivity (Wildman–Crippen MR) is 131 cm³/mol. The number of benzene rings is 1. The Morgan fingerprint density at radius 3 is 2.89 bits per heavy atom. The number of anilines is 1. The van der Waals surface area contributed by atoms with Crippen molar-refractivity contribution >= 4 is 40.9 Å². The summed E-state index contributed by atoms with van der Waals surface area (Å²) in [4.78, 5) is 36.0. The van der Waals surface area contributed by atoms with Gasteiger partial charge < -0.3 is 10.1 Å². The van der Waals surface area contributed by atoms with E-state index < -0.39 is 17.8 Å². The molecule has 182 valence electrons. The van der Waals surface area contributed by atoms with Crippen molar-refractivity contribution in [3.8, 4) is 22.5 Å². The second-order valence-electron chi connectivity index (χ2n) is 7.84. The number of thiophene rings is 1. The third-order valence-electron chi connectivity index (χ3n) is 5.82. The molecule has 0 radical (unpaired) electrons. The average Bonchev–Trinajstić information content (AvgIpc) is 3.58. The summed E-state index contributed by atoms with van der Waals surface area (Å²) in [5.41, 5.74) is 8.50. The number of aromatic amines is 1. The maximum Gasteiger partial charge on any atom is 0.348 e. The zero-order valence-electron chi connectivity index (χ0n) is 18.2. The highest BCUT2D eigenvalue weighted by Crippen LogP contribution is 2.35. The summed E-state index contributed by atoms with van der Waals surface area (Å²) in [6.45, 7) is 0. The Kier molecular flexibility index (Phi) is 5.94. The number of hydrogen-bond acceptors (Lipinski definition) is 8. The Hall–Kier alpha value is -4.23. The molecule has 0 aliphatic carbocycles. The van der Waals surface area contributed by atoms with Crippen molar-refractivity contribution in [2.24, 2.45) is 5.22 Å². The number of rotatable bonds is 7. The van der Waals surface area contributed by atoms with Crippen LogP contribution in [0.15, 0.2) is 45.9 Å². The number of carboxylic acids is 1. The van der Waals surface area contributed by atoms with E-state index in [4.69, 9.17) is 27.6 Å². The van der Waals surface area contributed by atoms with E-state index in [2.05, 4.69) is 20.2 Å². The summed E-state index contributed by atoms with van der Waals surface area (Å²) >= 11 is 6.95. The molecule has 3 aromatic heterocycles. The second kappa shape index (κ2) is 9.09. The number of carbonyl (C=O) groups is 1. The van der Waals surface area contributed by atoms with Crippen LogP contribution in [0.1, 0.15) is 33.8 Å². The third kappa shape index (κ3) is 3.87. The minimum absolute atomic E-state index is 0.0965. The van der Waals surface area contributed by atoms with E-state index in [0.717, 1.165) is 22.7 Å². The summed E-state index contributed by atoms with van der Waals surface area (Å²) in [5, 5.41) is 22.7. The molecule has 1 aliphatic rings. The predicted octanol–water partition coefficient (Wildman–Crippen LogP) is 4.75. The van der Waals surface area contributed by atoms with Crippen LogP contribution in [0.5, 0.6) is 0 Å². The van der Waals surface area contributed by atoms with E-state index in [9.17, 15) is 14.0 Å². The van der Waals surface area contributed by atoms with E-state index in [1.54, 1.807) is 18.2 Å². The van der Waals surface area contributed by atoms with Gasteiger partial charge in [-0.05, 0) is 24.6 Å². The van der Waals surface area contributed by atoms with Crippen LogP contribution < -0.4 is 10.6 Å². The van der Waals surface area contributed by atoms with Gasteiger partial charge in [-0.15, -0.1) is 11.3 Å². The van der Waals surface area contributed by atoms with Gasteiger partial charge in [0.25, 0.3) is 5.56 Å². The Morgan fingerprint density at radius 1 is 1.39 bits per heavy atom. The SMILES string of the molecule is N=CN(N=N)c1ccc(Cl)cc1-c1cc(=O)n2c(n1)CCC2c1ncc(-c2csc(C(=O)O)c2F)[nH]1. The van der Waals surface area contributed by atoms with Crippen molar-refractivity contribution in [1.82, 2.24) is 19.5 Å². The highest BCUT2D eigenvalue weighted by molar-refractivity contribution is 7.12. The van der Waals surface area contributed by atoms with Crippen molar-refractivity contribution < 1.29 is 14.3 Å². The lowest BCUT2D eigenvalue weighted by Gasteiger charge is -2.17. The van der Waals surface area contributed by atoms with Gasteiger partial charge in [-0.2, -0.15) is 5.53 Å². The molecule has 4 heterocycles. The summed E-state index contributed by atoms with van der Waals surface area (Å²) in [6.07, 6.45) is 3.25. The Morgan fingerprint density at radius 2 is 2.19 bits per heavy atom. The van der Waals surface area contributed by atoms with Gasteiger partial charge in [0, 0.05) is 34.0 Å². The number of aromatic carboxylic acids is 1. The van der Waals surface area contributed by atoms with Gasteiger partial charge in [0.15, 0.2) is 5.82 Å². The quantitative estimate of drug-likeness (QED) is 0.117. The van der Waals surface area contributed by atoms with Gasteiger partial charge in [-0.1, -0.05) is 16.8 Å². The molecule has 0 bridgehead atoms. The first kappa shape index (κ1) is 23.5.